The molecule has 0 radical (unpaired) electrons. The van der Waals surface area contributed by atoms with Crippen LogP contribution in [0.3, 0.4) is 0 Å². The highest BCUT2D eigenvalue weighted by Crippen LogP contribution is 2.32. The summed E-state index contributed by atoms with van der Waals surface area (Å²) in [4.78, 5) is 29.4. The fourth-order valence-electron chi connectivity index (χ4n) is 2.13. The molecule has 0 unspecified atom stereocenters. The number of carbonyl (C=O) groups is 2. The lowest BCUT2D eigenvalue weighted by atomic mass is 10.1. The standard InChI is InChI=1S/C13H10ClN3O2/c1-16-7-15-5-9(16)6-17-11-3-2-8(14)4-10(11)12(18)13(17)19/h2-5,7H,6H2,1H3. The molecule has 96 valence electrons. The Morgan fingerprint density at radius 2 is 2.11 bits per heavy atom. The van der Waals surface area contributed by atoms with E-state index in [4.69, 9.17) is 11.6 Å². The van der Waals surface area contributed by atoms with Gasteiger partial charge < -0.3 is 4.57 Å². The lowest BCUT2D eigenvalue weighted by molar-refractivity contribution is -0.114. The Balaban J connectivity index is 2.02. The third kappa shape index (κ3) is 1.82. The molecule has 1 aromatic heterocycles. The molecular weight excluding hydrogens is 266 g/mol. The van der Waals surface area contributed by atoms with E-state index < -0.39 is 11.7 Å². The van der Waals surface area contributed by atoms with Crippen molar-refractivity contribution < 1.29 is 9.59 Å². The van der Waals surface area contributed by atoms with Crippen LogP contribution in [0.1, 0.15) is 16.1 Å². The van der Waals surface area contributed by atoms with E-state index >= 15 is 0 Å². The number of Topliss-reactive ketones (excluding diaryl/α,β-unsaturated/α-hetero) is 1. The minimum Gasteiger partial charge on any atom is -0.336 e. The fourth-order valence-corrected chi connectivity index (χ4v) is 2.30. The number of halogens is 1. The average Bonchev–Trinajstić information content (AvgIpc) is 2.88. The van der Waals surface area contributed by atoms with Crippen LogP contribution in [0.5, 0.6) is 0 Å². The Morgan fingerprint density at radius 1 is 1.32 bits per heavy atom. The molecule has 0 spiro atoms. The summed E-state index contributed by atoms with van der Waals surface area (Å²) in [6.45, 7) is 0.315. The van der Waals surface area contributed by atoms with E-state index in [0.29, 0.717) is 22.8 Å². The lowest BCUT2D eigenvalue weighted by Crippen LogP contribution is -2.29. The third-order valence-corrected chi connectivity index (χ3v) is 3.41. The first-order chi connectivity index (χ1) is 9.08. The second-order valence-corrected chi connectivity index (χ2v) is 4.81. The highest BCUT2D eigenvalue weighted by Gasteiger charge is 2.36. The maximum atomic E-state index is 12.0. The number of rotatable bonds is 2. The minimum absolute atomic E-state index is 0.315. The Morgan fingerprint density at radius 3 is 2.79 bits per heavy atom. The highest BCUT2D eigenvalue weighted by atomic mass is 35.5. The predicted octanol–water partition coefficient (Wildman–Crippen LogP) is 1.80. The molecule has 0 N–H and O–H groups in total. The number of ketones is 1. The molecule has 0 aliphatic carbocycles. The number of aryl methyl sites for hydroxylation is 1. The molecule has 1 aliphatic heterocycles. The van der Waals surface area contributed by atoms with Crippen LogP contribution in [0.2, 0.25) is 5.02 Å². The van der Waals surface area contributed by atoms with Gasteiger partial charge in [-0.05, 0) is 18.2 Å². The van der Waals surface area contributed by atoms with Crippen molar-refractivity contribution in [3.63, 3.8) is 0 Å². The summed E-state index contributed by atoms with van der Waals surface area (Å²) in [5, 5.41) is 0.447. The lowest BCUT2D eigenvalue weighted by Gasteiger charge is -2.16. The molecule has 5 nitrogen and oxygen atoms in total. The fraction of sp³-hybridized carbons (Fsp3) is 0.154. The van der Waals surface area contributed by atoms with Gasteiger partial charge in [-0.1, -0.05) is 11.6 Å². The molecule has 2 aromatic rings. The van der Waals surface area contributed by atoms with Crippen LogP contribution < -0.4 is 4.90 Å². The van der Waals surface area contributed by atoms with Gasteiger partial charge in [-0.25, -0.2) is 4.98 Å². The van der Waals surface area contributed by atoms with Crippen molar-refractivity contribution in [1.29, 1.82) is 0 Å². The Bertz CT molecular complexity index is 693. The van der Waals surface area contributed by atoms with E-state index in [1.54, 1.807) is 24.7 Å². The van der Waals surface area contributed by atoms with Crippen molar-refractivity contribution in [2.45, 2.75) is 6.54 Å². The van der Waals surface area contributed by atoms with Gasteiger partial charge in [0.25, 0.3) is 11.7 Å². The quantitative estimate of drug-likeness (QED) is 0.786. The Hall–Kier alpha value is -2.14. The Labute approximate surface area is 114 Å². The van der Waals surface area contributed by atoms with E-state index in [9.17, 15) is 9.59 Å². The van der Waals surface area contributed by atoms with Crippen molar-refractivity contribution in [3.05, 3.63) is 47.0 Å². The number of hydrogen-bond acceptors (Lipinski definition) is 3. The molecule has 19 heavy (non-hydrogen) atoms. The Kier molecular flexibility index (Phi) is 2.64. The molecule has 1 amide bonds. The van der Waals surface area contributed by atoms with Gasteiger partial charge in [-0.2, -0.15) is 0 Å². The summed E-state index contributed by atoms with van der Waals surface area (Å²) in [6.07, 6.45) is 3.33. The van der Waals surface area contributed by atoms with E-state index in [0.717, 1.165) is 5.69 Å². The number of hydrogen-bond donors (Lipinski definition) is 0. The summed E-state index contributed by atoms with van der Waals surface area (Å²) < 4.78 is 1.81. The van der Waals surface area contributed by atoms with Crippen molar-refractivity contribution in [2.75, 3.05) is 4.90 Å². The van der Waals surface area contributed by atoms with Crippen LogP contribution in [0, 0.1) is 0 Å². The molecule has 2 heterocycles. The zero-order valence-electron chi connectivity index (χ0n) is 10.1. The van der Waals surface area contributed by atoms with E-state index in [1.165, 1.54) is 11.0 Å². The second kappa shape index (κ2) is 4.20. The molecular formula is C13H10ClN3O2. The maximum Gasteiger partial charge on any atom is 0.299 e. The summed E-state index contributed by atoms with van der Waals surface area (Å²) in [7, 11) is 1.84. The zero-order valence-corrected chi connectivity index (χ0v) is 10.9. The molecule has 0 saturated heterocycles. The molecule has 6 heteroatoms. The number of aromatic nitrogens is 2. The molecule has 0 fully saturated rings. The number of carbonyl (C=O) groups excluding carboxylic acids is 2. The van der Waals surface area contributed by atoms with Crippen LogP contribution in [0.4, 0.5) is 5.69 Å². The number of benzene rings is 1. The summed E-state index contributed by atoms with van der Waals surface area (Å²) in [5.74, 6) is -1.04. The van der Waals surface area contributed by atoms with Crippen LogP contribution >= 0.6 is 11.6 Å². The predicted molar refractivity (Wildman–Crippen MR) is 70.2 cm³/mol. The topological polar surface area (TPSA) is 55.2 Å². The first kappa shape index (κ1) is 11.9. The molecule has 1 aromatic carbocycles. The zero-order chi connectivity index (χ0) is 13.6. The number of fused-ring (bicyclic) bond motifs is 1. The van der Waals surface area contributed by atoms with Crippen molar-refractivity contribution in [3.8, 4) is 0 Å². The number of nitrogens with zero attached hydrogens (tertiary/aromatic N) is 3. The molecule has 0 bridgehead atoms. The second-order valence-electron chi connectivity index (χ2n) is 4.38. The molecule has 0 saturated carbocycles. The van der Waals surface area contributed by atoms with Gasteiger partial charge in [0.05, 0.1) is 29.8 Å². The van der Waals surface area contributed by atoms with Crippen LogP contribution in [0.15, 0.2) is 30.7 Å². The maximum absolute atomic E-state index is 12.0. The van der Waals surface area contributed by atoms with E-state index in [1.807, 2.05) is 11.6 Å². The average molecular weight is 276 g/mol. The number of imidazole rings is 1. The van der Waals surface area contributed by atoms with Crippen molar-refractivity contribution >= 4 is 29.0 Å². The van der Waals surface area contributed by atoms with Crippen molar-refractivity contribution in [1.82, 2.24) is 9.55 Å². The third-order valence-electron chi connectivity index (χ3n) is 3.17. The van der Waals surface area contributed by atoms with E-state index in [-0.39, 0.29) is 0 Å². The number of amides is 1. The molecule has 1 aliphatic rings. The first-order valence-corrected chi connectivity index (χ1v) is 6.06. The van der Waals surface area contributed by atoms with E-state index in [2.05, 4.69) is 4.98 Å². The summed E-state index contributed by atoms with van der Waals surface area (Å²) >= 11 is 5.86. The van der Waals surface area contributed by atoms with Crippen LogP contribution in [-0.4, -0.2) is 21.2 Å². The first-order valence-electron chi connectivity index (χ1n) is 5.69. The van der Waals surface area contributed by atoms with Gasteiger partial charge in [0, 0.05) is 18.3 Å². The van der Waals surface area contributed by atoms with Gasteiger partial charge in [-0.3, -0.25) is 14.5 Å². The minimum atomic E-state index is -0.529. The largest absolute Gasteiger partial charge is 0.336 e. The number of anilines is 1. The summed E-state index contributed by atoms with van der Waals surface area (Å²) in [5.41, 5.74) is 1.81. The normalized spacial score (nSPS) is 14.1. The van der Waals surface area contributed by atoms with Gasteiger partial charge in [-0.15, -0.1) is 0 Å². The smallest absolute Gasteiger partial charge is 0.299 e. The highest BCUT2D eigenvalue weighted by molar-refractivity contribution is 6.52. The van der Waals surface area contributed by atoms with Crippen LogP contribution in [0.25, 0.3) is 0 Å². The van der Waals surface area contributed by atoms with Crippen molar-refractivity contribution in [2.24, 2.45) is 7.05 Å². The van der Waals surface area contributed by atoms with Gasteiger partial charge in [0.1, 0.15) is 0 Å². The van der Waals surface area contributed by atoms with Gasteiger partial charge in [0.15, 0.2) is 0 Å². The van der Waals surface area contributed by atoms with Gasteiger partial charge >= 0.3 is 0 Å². The monoisotopic (exact) mass is 275 g/mol. The molecule has 3 rings (SSSR count). The molecule has 0 atom stereocenters. The SMILES string of the molecule is Cn1cncc1CN1C(=O)C(=O)c2cc(Cl)ccc21. The van der Waals surface area contributed by atoms with Crippen LogP contribution in [-0.2, 0) is 18.4 Å². The summed E-state index contributed by atoms with van der Waals surface area (Å²) in [6, 6.07) is 4.89. The van der Waals surface area contributed by atoms with Gasteiger partial charge in [0.2, 0.25) is 0 Å².